The molecular formula is C12H21N3O2. The normalized spacial score (nSPS) is 24.4. The molecule has 1 heterocycles. The Morgan fingerprint density at radius 3 is 3.06 bits per heavy atom. The van der Waals surface area contributed by atoms with Crippen LogP contribution in [-0.2, 0) is 11.3 Å². The maximum Gasteiger partial charge on any atom is 0.231 e. The Hall–Kier alpha value is -0.940. The summed E-state index contributed by atoms with van der Waals surface area (Å²) in [7, 11) is 0. The molecule has 2 unspecified atom stereocenters. The van der Waals surface area contributed by atoms with Crippen LogP contribution in [0.25, 0.3) is 0 Å². The van der Waals surface area contributed by atoms with Gasteiger partial charge in [-0.15, -0.1) is 0 Å². The standard InChI is InChI=1S/C12H21N3O2/c1-3-13-10-7-5-6-9(10)12-14-11(15-17-12)8-16-4-2/h9-10,13H,3-8H2,1-2H3. The van der Waals surface area contributed by atoms with E-state index in [0.29, 0.717) is 31.0 Å². The Morgan fingerprint density at radius 2 is 2.29 bits per heavy atom. The topological polar surface area (TPSA) is 60.2 Å². The molecule has 0 aliphatic heterocycles. The van der Waals surface area contributed by atoms with E-state index in [1.54, 1.807) is 0 Å². The number of hydrogen-bond acceptors (Lipinski definition) is 5. The average Bonchev–Trinajstić information content (AvgIpc) is 2.95. The second-order valence-electron chi connectivity index (χ2n) is 4.39. The maximum atomic E-state index is 5.34. The SMILES string of the molecule is CCNC1CCCC1c1nc(COCC)no1. The number of likely N-dealkylation sites (N-methyl/N-ethyl adjacent to an activating group) is 1. The zero-order valence-corrected chi connectivity index (χ0v) is 10.6. The Kier molecular flexibility index (Phi) is 4.50. The van der Waals surface area contributed by atoms with Gasteiger partial charge in [0, 0.05) is 12.6 Å². The number of aromatic nitrogens is 2. The summed E-state index contributed by atoms with van der Waals surface area (Å²) in [6.45, 7) is 6.19. The van der Waals surface area contributed by atoms with Crippen LogP contribution in [0, 0.1) is 0 Å². The van der Waals surface area contributed by atoms with Crippen LogP contribution in [0.2, 0.25) is 0 Å². The first kappa shape index (κ1) is 12.5. The van der Waals surface area contributed by atoms with E-state index in [9.17, 15) is 0 Å². The molecule has 5 nitrogen and oxygen atoms in total. The lowest BCUT2D eigenvalue weighted by atomic mass is 10.0. The molecule has 0 spiro atoms. The minimum atomic E-state index is 0.373. The first-order valence-electron chi connectivity index (χ1n) is 6.48. The van der Waals surface area contributed by atoms with Gasteiger partial charge in [0.25, 0.3) is 0 Å². The van der Waals surface area contributed by atoms with Gasteiger partial charge in [-0.05, 0) is 26.3 Å². The Bertz CT molecular complexity index is 340. The lowest BCUT2D eigenvalue weighted by molar-refractivity contribution is 0.126. The lowest BCUT2D eigenvalue weighted by Crippen LogP contribution is -2.31. The fraction of sp³-hybridized carbons (Fsp3) is 0.833. The van der Waals surface area contributed by atoms with Gasteiger partial charge in [-0.2, -0.15) is 4.98 Å². The second-order valence-corrected chi connectivity index (χ2v) is 4.39. The molecule has 1 aliphatic rings. The summed E-state index contributed by atoms with van der Waals surface area (Å²) in [5.41, 5.74) is 0. The molecule has 1 saturated carbocycles. The number of nitrogens with one attached hydrogen (secondary N) is 1. The number of ether oxygens (including phenoxy) is 1. The molecule has 0 saturated heterocycles. The van der Waals surface area contributed by atoms with Crippen molar-refractivity contribution >= 4 is 0 Å². The molecule has 96 valence electrons. The first-order chi connectivity index (χ1) is 8.35. The maximum absolute atomic E-state index is 5.34. The molecule has 5 heteroatoms. The minimum absolute atomic E-state index is 0.373. The van der Waals surface area contributed by atoms with E-state index in [1.807, 2.05) is 6.92 Å². The summed E-state index contributed by atoms with van der Waals surface area (Å²) in [5, 5.41) is 7.44. The van der Waals surface area contributed by atoms with Crippen molar-refractivity contribution in [1.82, 2.24) is 15.5 Å². The summed E-state index contributed by atoms with van der Waals surface area (Å²) in [4.78, 5) is 4.42. The zero-order valence-electron chi connectivity index (χ0n) is 10.6. The Balaban J connectivity index is 1.98. The van der Waals surface area contributed by atoms with Gasteiger partial charge >= 0.3 is 0 Å². The molecule has 2 rings (SSSR count). The van der Waals surface area contributed by atoms with Crippen molar-refractivity contribution in [2.75, 3.05) is 13.2 Å². The fourth-order valence-corrected chi connectivity index (χ4v) is 2.43. The predicted molar refractivity (Wildman–Crippen MR) is 63.7 cm³/mol. The van der Waals surface area contributed by atoms with Crippen LogP contribution in [0.4, 0.5) is 0 Å². The third-order valence-corrected chi connectivity index (χ3v) is 3.22. The third-order valence-electron chi connectivity index (χ3n) is 3.22. The van der Waals surface area contributed by atoms with Gasteiger partial charge < -0.3 is 14.6 Å². The van der Waals surface area contributed by atoms with Gasteiger partial charge in [-0.1, -0.05) is 18.5 Å². The summed E-state index contributed by atoms with van der Waals surface area (Å²) >= 11 is 0. The van der Waals surface area contributed by atoms with Gasteiger partial charge in [0.15, 0.2) is 5.82 Å². The van der Waals surface area contributed by atoms with Crippen LogP contribution >= 0.6 is 0 Å². The van der Waals surface area contributed by atoms with Crippen LogP contribution in [0.3, 0.4) is 0 Å². The van der Waals surface area contributed by atoms with E-state index in [0.717, 1.165) is 18.9 Å². The molecule has 1 N–H and O–H groups in total. The van der Waals surface area contributed by atoms with Crippen molar-refractivity contribution in [1.29, 1.82) is 0 Å². The van der Waals surface area contributed by atoms with Gasteiger partial charge in [0.05, 0.1) is 5.92 Å². The number of nitrogens with zero attached hydrogens (tertiary/aromatic N) is 2. The van der Waals surface area contributed by atoms with E-state index < -0.39 is 0 Å². The molecule has 1 aromatic rings. The smallest absolute Gasteiger partial charge is 0.231 e. The van der Waals surface area contributed by atoms with Gasteiger partial charge in [0.1, 0.15) is 6.61 Å². The van der Waals surface area contributed by atoms with Gasteiger partial charge in [-0.25, -0.2) is 0 Å². The number of rotatable bonds is 6. The van der Waals surface area contributed by atoms with Crippen molar-refractivity contribution < 1.29 is 9.26 Å². The quantitative estimate of drug-likeness (QED) is 0.821. The molecule has 17 heavy (non-hydrogen) atoms. The first-order valence-corrected chi connectivity index (χ1v) is 6.48. The van der Waals surface area contributed by atoms with Gasteiger partial charge in [0.2, 0.25) is 5.89 Å². The molecule has 1 aliphatic carbocycles. The van der Waals surface area contributed by atoms with E-state index >= 15 is 0 Å². The van der Waals surface area contributed by atoms with E-state index in [1.165, 1.54) is 12.8 Å². The summed E-state index contributed by atoms with van der Waals surface area (Å²) in [6, 6.07) is 0.486. The van der Waals surface area contributed by atoms with Crippen LogP contribution < -0.4 is 5.32 Å². The Labute approximate surface area is 102 Å². The van der Waals surface area contributed by atoms with Crippen molar-refractivity contribution in [3.8, 4) is 0 Å². The highest BCUT2D eigenvalue weighted by molar-refractivity contribution is 5.02. The third kappa shape index (κ3) is 3.04. The summed E-state index contributed by atoms with van der Waals surface area (Å²) in [6.07, 6.45) is 3.56. The van der Waals surface area contributed by atoms with E-state index in [2.05, 4.69) is 22.4 Å². The van der Waals surface area contributed by atoms with Crippen LogP contribution in [0.15, 0.2) is 4.52 Å². The predicted octanol–water partition coefficient (Wildman–Crippen LogP) is 1.85. The molecule has 0 aromatic carbocycles. The average molecular weight is 239 g/mol. The lowest BCUT2D eigenvalue weighted by Gasteiger charge is -2.16. The monoisotopic (exact) mass is 239 g/mol. The van der Waals surface area contributed by atoms with Gasteiger partial charge in [-0.3, -0.25) is 0 Å². The van der Waals surface area contributed by atoms with Crippen molar-refractivity contribution in [2.24, 2.45) is 0 Å². The van der Waals surface area contributed by atoms with Crippen LogP contribution in [-0.4, -0.2) is 29.3 Å². The zero-order chi connectivity index (χ0) is 12.1. The second kappa shape index (κ2) is 6.12. The molecule has 1 fully saturated rings. The molecular weight excluding hydrogens is 218 g/mol. The molecule has 1 aromatic heterocycles. The van der Waals surface area contributed by atoms with Crippen LogP contribution in [0.5, 0.6) is 0 Å². The number of hydrogen-bond donors (Lipinski definition) is 1. The summed E-state index contributed by atoms with van der Waals surface area (Å²) < 4.78 is 10.6. The molecule has 0 bridgehead atoms. The molecule has 0 radical (unpaired) electrons. The van der Waals surface area contributed by atoms with Crippen molar-refractivity contribution in [2.45, 2.75) is 51.7 Å². The summed E-state index contributed by atoms with van der Waals surface area (Å²) in [5.74, 6) is 1.80. The highest BCUT2D eigenvalue weighted by Crippen LogP contribution is 2.33. The molecule has 2 atom stereocenters. The highest BCUT2D eigenvalue weighted by Gasteiger charge is 2.32. The fourth-order valence-electron chi connectivity index (χ4n) is 2.43. The van der Waals surface area contributed by atoms with Crippen LogP contribution in [0.1, 0.15) is 50.7 Å². The Morgan fingerprint density at radius 1 is 1.41 bits per heavy atom. The van der Waals surface area contributed by atoms with Crippen molar-refractivity contribution in [3.05, 3.63) is 11.7 Å². The minimum Gasteiger partial charge on any atom is -0.374 e. The van der Waals surface area contributed by atoms with E-state index in [-0.39, 0.29) is 0 Å². The van der Waals surface area contributed by atoms with Crippen molar-refractivity contribution in [3.63, 3.8) is 0 Å². The highest BCUT2D eigenvalue weighted by atomic mass is 16.5. The molecule has 0 amide bonds. The van der Waals surface area contributed by atoms with E-state index in [4.69, 9.17) is 9.26 Å². The largest absolute Gasteiger partial charge is 0.374 e.